The van der Waals surface area contributed by atoms with Crippen LogP contribution in [0.1, 0.15) is 23.7 Å². The van der Waals surface area contributed by atoms with E-state index in [0.29, 0.717) is 12.5 Å². The summed E-state index contributed by atoms with van der Waals surface area (Å²) in [4.78, 5) is 0. The molecule has 21 heavy (non-hydrogen) atoms. The normalized spacial score (nSPS) is 17.9. The van der Waals surface area contributed by atoms with E-state index in [4.69, 9.17) is 9.47 Å². The molecule has 5 heteroatoms. The Hall–Kier alpha value is -2.01. The molecule has 2 heterocycles. The maximum Gasteiger partial charge on any atom is 0.119 e. The topological polar surface area (TPSA) is 59.2 Å². The van der Waals surface area contributed by atoms with Gasteiger partial charge >= 0.3 is 0 Å². The van der Waals surface area contributed by atoms with Crippen LogP contribution in [0, 0.1) is 0 Å². The van der Waals surface area contributed by atoms with Gasteiger partial charge < -0.3 is 14.8 Å². The van der Waals surface area contributed by atoms with Crippen molar-refractivity contribution in [1.29, 1.82) is 0 Å². The number of aromatic amines is 1. The minimum absolute atomic E-state index is 0.553. The Morgan fingerprint density at radius 2 is 2.05 bits per heavy atom. The average molecular weight is 287 g/mol. The minimum Gasteiger partial charge on any atom is -0.497 e. The zero-order valence-corrected chi connectivity index (χ0v) is 12.3. The molecule has 0 aliphatic carbocycles. The van der Waals surface area contributed by atoms with Gasteiger partial charge in [0.25, 0.3) is 0 Å². The van der Waals surface area contributed by atoms with E-state index in [2.05, 4.69) is 21.6 Å². The fourth-order valence-corrected chi connectivity index (χ4v) is 2.57. The third kappa shape index (κ3) is 3.55. The lowest BCUT2D eigenvalue weighted by Gasteiger charge is -2.06. The predicted octanol–water partition coefficient (Wildman–Crippen LogP) is 2.12. The van der Waals surface area contributed by atoms with Crippen LogP contribution < -0.4 is 14.8 Å². The van der Waals surface area contributed by atoms with Crippen molar-refractivity contribution in [1.82, 2.24) is 15.5 Å². The van der Waals surface area contributed by atoms with Gasteiger partial charge in [-0.25, -0.2) is 0 Å². The first-order chi connectivity index (χ1) is 10.3. The van der Waals surface area contributed by atoms with Crippen molar-refractivity contribution in [2.24, 2.45) is 0 Å². The quantitative estimate of drug-likeness (QED) is 0.854. The molecule has 2 N–H and O–H groups in total. The molecule has 1 aromatic carbocycles. The Labute approximate surface area is 124 Å². The van der Waals surface area contributed by atoms with Crippen LogP contribution in [0.2, 0.25) is 0 Å². The molecule has 0 spiro atoms. The lowest BCUT2D eigenvalue weighted by atomic mass is 10.0. The third-order valence-corrected chi connectivity index (χ3v) is 3.83. The summed E-state index contributed by atoms with van der Waals surface area (Å²) in [6.07, 6.45) is 2.01. The number of methoxy groups -OCH3 is 1. The molecular weight excluding hydrogens is 266 g/mol. The SMILES string of the molecule is COc1ccc(OCCc2cc([C@@H]3CCNC3)n[nH]2)cc1. The largest absolute Gasteiger partial charge is 0.497 e. The summed E-state index contributed by atoms with van der Waals surface area (Å²) in [5, 5.41) is 10.9. The second kappa shape index (κ2) is 6.63. The number of benzene rings is 1. The van der Waals surface area contributed by atoms with Crippen LogP contribution in [0.25, 0.3) is 0 Å². The number of rotatable bonds is 6. The molecule has 5 nitrogen and oxygen atoms in total. The van der Waals surface area contributed by atoms with Crippen LogP contribution in [-0.2, 0) is 6.42 Å². The van der Waals surface area contributed by atoms with Gasteiger partial charge in [0.2, 0.25) is 0 Å². The van der Waals surface area contributed by atoms with E-state index in [0.717, 1.165) is 36.7 Å². The smallest absolute Gasteiger partial charge is 0.119 e. The lowest BCUT2D eigenvalue weighted by Crippen LogP contribution is -2.08. The number of hydrogen-bond acceptors (Lipinski definition) is 4. The molecule has 0 amide bonds. The number of ether oxygens (including phenoxy) is 2. The molecule has 0 unspecified atom stereocenters. The van der Waals surface area contributed by atoms with Crippen LogP contribution in [0.5, 0.6) is 11.5 Å². The highest BCUT2D eigenvalue weighted by molar-refractivity contribution is 5.31. The Bertz CT molecular complexity index is 559. The van der Waals surface area contributed by atoms with Gasteiger partial charge in [-0.05, 0) is 43.3 Å². The Kier molecular flexibility index (Phi) is 4.40. The minimum atomic E-state index is 0.553. The summed E-state index contributed by atoms with van der Waals surface area (Å²) in [6.45, 7) is 2.76. The van der Waals surface area contributed by atoms with Gasteiger partial charge in [-0.3, -0.25) is 5.10 Å². The van der Waals surface area contributed by atoms with Crippen molar-refractivity contribution < 1.29 is 9.47 Å². The maximum atomic E-state index is 5.73. The monoisotopic (exact) mass is 287 g/mol. The Morgan fingerprint density at radius 1 is 1.24 bits per heavy atom. The highest BCUT2D eigenvalue weighted by atomic mass is 16.5. The fourth-order valence-electron chi connectivity index (χ4n) is 2.57. The van der Waals surface area contributed by atoms with E-state index in [1.807, 2.05) is 24.3 Å². The Morgan fingerprint density at radius 3 is 2.76 bits per heavy atom. The molecule has 112 valence electrons. The molecule has 0 saturated carbocycles. The predicted molar refractivity (Wildman–Crippen MR) is 81.0 cm³/mol. The summed E-state index contributed by atoms with van der Waals surface area (Å²) >= 11 is 0. The van der Waals surface area contributed by atoms with Crippen LogP contribution in [0.4, 0.5) is 0 Å². The van der Waals surface area contributed by atoms with E-state index in [-0.39, 0.29) is 0 Å². The maximum absolute atomic E-state index is 5.73. The molecule has 2 aromatic rings. The van der Waals surface area contributed by atoms with Gasteiger partial charge in [0.05, 0.1) is 19.4 Å². The summed E-state index contributed by atoms with van der Waals surface area (Å²) in [6, 6.07) is 9.80. The first-order valence-corrected chi connectivity index (χ1v) is 7.37. The van der Waals surface area contributed by atoms with Crippen molar-refractivity contribution >= 4 is 0 Å². The zero-order valence-electron chi connectivity index (χ0n) is 12.3. The second-order valence-corrected chi connectivity index (χ2v) is 5.28. The average Bonchev–Trinajstić information content (AvgIpc) is 3.19. The molecule has 0 radical (unpaired) electrons. The molecule has 1 fully saturated rings. The van der Waals surface area contributed by atoms with E-state index in [1.54, 1.807) is 7.11 Å². The van der Waals surface area contributed by atoms with Crippen molar-refractivity contribution in [3.05, 3.63) is 41.7 Å². The van der Waals surface area contributed by atoms with Gasteiger partial charge in [-0.15, -0.1) is 0 Å². The van der Waals surface area contributed by atoms with Crippen LogP contribution in [-0.4, -0.2) is 37.0 Å². The number of aromatic nitrogens is 2. The van der Waals surface area contributed by atoms with Crippen LogP contribution >= 0.6 is 0 Å². The van der Waals surface area contributed by atoms with E-state index in [9.17, 15) is 0 Å². The molecular formula is C16H21N3O2. The zero-order chi connectivity index (χ0) is 14.5. The molecule has 3 rings (SSSR count). The number of nitrogens with one attached hydrogen (secondary N) is 2. The van der Waals surface area contributed by atoms with Crippen molar-refractivity contribution in [2.75, 3.05) is 26.8 Å². The standard InChI is InChI=1S/C16H21N3O2/c1-20-14-2-4-15(5-3-14)21-9-7-13-10-16(19-18-13)12-6-8-17-11-12/h2-5,10,12,17H,6-9,11H2,1H3,(H,18,19)/t12-/m1/s1. The molecule has 1 aromatic heterocycles. The van der Waals surface area contributed by atoms with Crippen molar-refractivity contribution in [2.45, 2.75) is 18.8 Å². The molecule has 1 atom stereocenters. The van der Waals surface area contributed by atoms with E-state index >= 15 is 0 Å². The summed E-state index contributed by atoms with van der Waals surface area (Å²) in [5.74, 6) is 2.25. The molecule has 1 saturated heterocycles. The highest BCUT2D eigenvalue weighted by Gasteiger charge is 2.19. The summed E-state index contributed by atoms with van der Waals surface area (Å²) < 4.78 is 10.8. The van der Waals surface area contributed by atoms with Gasteiger partial charge in [0.1, 0.15) is 11.5 Å². The molecule has 1 aliphatic rings. The van der Waals surface area contributed by atoms with E-state index < -0.39 is 0 Å². The lowest BCUT2D eigenvalue weighted by molar-refractivity contribution is 0.319. The van der Waals surface area contributed by atoms with Crippen LogP contribution in [0.15, 0.2) is 30.3 Å². The summed E-state index contributed by atoms with van der Waals surface area (Å²) in [7, 11) is 1.66. The summed E-state index contributed by atoms with van der Waals surface area (Å²) in [5.41, 5.74) is 2.30. The molecule has 0 bridgehead atoms. The first kappa shape index (κ1) is 13.9. The number of nitrogens with zero attached hydrogens (tertiary/aromatic N) is 1. The fraction of sp³-hybridized carbons (Fsp3) is 0.438. The van der Waals surface area contributed by atoms with Crippen LogP contribution in [0.3, 0.4) is 0 Å². The van der Waals surface area contributed by atoms with Gasteiger partial charge in [-0.2, -0.15) is 5.10 Å². The van der Waals surface area contributed by atoms with Gasteiger partial charge in [-0.1, -0.05) is 0 Å². The van der Waals surface area contributed by atoms with Gasteiger partial charge in [0.15, 0.2) is 0 Å². The molecule has 1 aliphatic heterocycles. The number of hydrogen-bond donors (Lipinski definition) is 2. The highest BCUT2D eigenvalue weighted by Crippen LogP contribution is 2.21. The van der Waals surface area contributed by atoms with E-state index in [1.165, 1.54) is 12.1 Å². The first-order valence-electron chi connectivity index (χ1n) is 7.37. The Balaban J connectivity index is 1.48. The third-order valence-electron chi connectivity index (χ3n) is 3.83. The van der Waals surface area contributed by atoms with Crippen molar-refractivity contribution in [3.63, 3.8) is 0 Å². The number of H-pyrrole nitrogens is 1. The van der Waals surface area contributed by atoms with Gasteiger partial charge in [0, 0.05) is 24.6 Å². The second-order valence-electron chi connectivity index (χ2n) is 5.28. The van der Waals surface area contributed by atoms with Crippen molar-refractivity contribution in [3.8, 4) is 11.5 Å².